The molecule has 0 bridgehead atoms. The first-order valence-corrected chi connectivity index (χ1v) is 8.66. The Labute approximate surface area is 152 Å². The molecule has 1 aliphatic heterocycles. The monoisotopic (exact) mass is 347 g/mol. The van der Waals surface area contributed by atoms with E-state index in [1.54, 1.807) is 17.1 Å². The van der Waals surface area contributed by atoms with Gasteiger partial charge in [0.15, 0.2) is 0 Å². The first-order valence-electron chi connectivity index (χ1n) is 8.66. The van der Waals surface area contributed by atoms with Gasteiger partial charge >= 0.3 is 0 Å². The summed E-state index contributed by atoms with van der Waals surface area (Å²) in [5.74, 6) is 0.0224. The van der Waals surface area contributed by atoms with E-state index in [-0.39, 0.29) is 5.91 Å². The molecule has 0 spiro atoms. The van der Waals surface area contributed by atoms with Gasteiger partial charge in [-0.25, -0.2) is 4.68 Å². The van der Waals surface area contributed by atoms with Gasteiger partial charge in [0.25, 0.3) is 5.91 Å². The zero-order valence-corrected chi connectivity index (χ0v) is 14.9. The topological polar surface area (TPSA) is 54.3 Å². The third-order valence-electron chi connectivity index (χ3n) is 4.91. The lowest BCUT2D eigenvalue weighted by atomic mass is 9.96. The van der Waals surface area contributed by atoms with Gasteiger partial charge in [0.05, 0.1) is 18.1 Å². The molecule has 1 atom stereocenters. The fraction of sp³-hybridized carbons (Fsp3) is 0.250. The zero-order valence-electron chi connectivity index (χ0n) is 14.9. The van der Waals surface area contributed by atoms with Crippen molar-refractivity contribution in [1.29, 1.82) is 0 Å². The summed E-state index contributed by atoms with van der Waals surface area (Å²) in [7, 11) is 4.13. The Morgan fingerprint density at radius 3 is 2.58 bits per heavy atom. The van der Waals surface area contributed by atoms with Crippen molar-refractivity contribution in [3.63, 3.8) is 0 Å². The molecule has 3 aromatic rings. The van der Waals surface area contributed by atoms with Crippen molar-refractivity contribution in [3.05, 3.63) is 72.1 Å². The van der Waals surface area contributed by atoms with Crippen LogP contribution in [0.5, 0.6) is 0 Å². The quantitative estimate of drug-likeness (QED) is 0.730. The molecule has 2 aromatic carbocycles. The number of amides is 1. The van der Waals surface area contributed by atoms with Gasteiger partial charge in [0.2, 0.25) is 0 Å². The standard InChI is InChI=1S/C20H21N5O/c1-23(2)18-13-16-5-3-4-6-19(16)24(14-18)20(26)15-7-9-17(10-8-15)25-12-11-21-22-25/h3-12,18H,13-14H2,1-2H3. The fourth-order valence-electron chi connectivity index (χ4n) is 3.37. The lowest BCUT2D eigenvalue weighted by molar-refractivity contribution is 0.0976. The maximum absolute atomic E-state index is 13.2. The lowest BCUT2D eigenvalue weighted by Crippen LogP contribution is -2.48. The molecule has 0 radical (unpaired) electrons. The summed E-state index contributed by atoms with van der Waals surface area (Å²) < 4.78 is 1.67. The Bertz CT molecular complexity index is 902. The van der Waals surface area contributed by atoms with Crippen LogP contribution in [0.2, 0.25) is 0 Å². The molecule has 1 aromatic heterocycles. The minimum atomic E-state index is 0.0224. The van der Waals surface area contributed by atoms with Gasteiger partial charge in [-0.1, -0.05) is 23.4 Å². The molecule has 0 aliphatic carbocycles. The Morgan fingerprint density at radius 2 is 1.88 bits per heavy atom. The van der Waals surface area contributed by atoms with E-state index in [1.165, 1.54) is 5.56 Å². The highest BCUT2D eigenvalue weighted by Gasteiger charge is 2.29. The third-order valence-corrected chi connectivity index (χ3v) is 4.91. The summed E-state index contributed by atoms with van der Waals surface area (Å²) in [6.45, 7) is 0.688. The van der Waals surface area contributed by atoms with Gasteiger partial charge in [0, 0.05) is 23.8 Å². The summed E-state index contributed by atoms with van der Waals surface area (Å²) in [4.78, 5) is 17.3. The van der Waals surface area contributed by atoms with Crippen LogP contribution in [0, 0.1) is 0 Å². The number of carbonyl (C=O) groups excluding carboxylic acids is 1. The van der Waals surface area contributed by atoms with Crippen LogP contribution in [-0.4, -0.2) is 52.5 Å². The molecule has 6 heteroatoms. The van der Waals surface area contributed by atoms with E-state index in [0.717, 1.165) is 17.8 Å². The molecular formula is C20H21N5O. The molecule has 2 heterocycles. The van der Waals surface area contributed by atoms with Gasteiger partial charge in [-0.3, -0.25) is 4.79 Å². The van der Waals surface area contributed by atoms with Gasteiger partial charge < -0.3 is 9.80 Å². The number of rotatable bonds is 3. The highest BCUT2D eigenvalue weighted by molar-refractivity contribution is 6.07. The van der Waals surface area contributed by atoms with E-state index >= 15 is 0 Å². The van der Waals surface area contributed by atoms with Crippen molar-refractivity contribution >= 4 is 11.6 Å². The highest BCUT2D eigenvalue weighted by Crippen LogP contribution is 2.29. The molecule has 0 saturated heterocycles. The Balaban J connectivity index is 1.64. The van der Waals surface area contributed by atoms with Gasteiger partial charge in [-0.05, 0) is 56.4 Å². The minimum absolute atomic E-state index is 0.0224. The van der Waals surface area contributed by atoms with E-state index < -0.39 is 0 Å². The van der Waals surface area contributed by atoms with Crippen LogP contribution in [0.1, 0.15) is 15.9 Å². The molecule has 0 N–H and O–H groups in total. The predicted octanol–water partition coefficient (Wildman–Crippen LogP) is 2.40. The molecule has 0 saturated carbocycles. The van der Waals surface area contributed by atoms with Crippen molar-refractivity contribution in [1.82, 2.24) is 19.9 Å². The van der Waals surface area contributed by atoms with Crippen LogP contribution in [0.25, 0.3) is 5.69 Å². The average molecular weight is 347 g/mol. The maximum atomic E-state index is 13.2. The third kappa shape index (κ3) is 2.99. The number of aromatic nitrogens is 3. The minimum Gasteiger partial charge on any atom is -0.307 e. The predicted molar refractivity (Wildman–Crippen MR) is 101 cm³/mol. The van der Waals surface area contributed by atoms with E-state index in [4.69, 9.17) is 0 Å². The van der Waals surface area contributed by atoms with Crippen LogP contribution in [0.15, 0.2) is 60.9 Å². The molecule has 6 nitrogen and oxygen atoms in total. The van der Waals surface area contributed by atoms with Gasteiger partial charge in [0.1, 0.15) is 0 Å². The fourth-order valence-corrected chi connectivity index (χ4v) is 3.37. The van der Waals surface area contributed by atoms with E-state index in [1.807, 2.05) is 47.4 Å². The number of carbonyl (C=O) groups is 1. The van der Waals surface area contributed by atoms with Crippen molar-refractivity contribution in [2.24, 2.45) is 0 Å². The second kappa shape index (κ2) is 6.72. The van der Waals surface area contributed by atoms with Crippen molar-refractivity contribution < 1.29 is 4.79 Å². The second-order valence-electron chi connectivity index (χ2n) is 6.76. The smallest absolute Gasteiger partial charge is 0.258 e. The number of benzene rings is 2. The first-order chi connectivity index (χ1) is 12.6. The second-order valence-corrected chi connectivity index (χ2v) is 6.76. The van der Waals surface area contributed by atoms with Crippen LogP contribution >= 0.6 is 0 Å². The Morgan fingerprint density at radius 1 is 1.12 bits per heavy atom. The van der Waals surface area contributed by atoms with Gasteiger partial charge in [-0.15, -0.1) is 5.10 Å². The molecular weight excluding hydrogens is 326 g/mol. The molecule has 26 heavy (non-hydrogen) atoms. The highest BCUT2D eigenvalue weighted by atomic mass is 16.2. The van der Waals surface area contributed by atoms with Crippen LogP contribution < -0.4 is 4.90 Å². The van der Waals surface area contributed by atoms with Crippen molar-refractivity contribution in [3.8, 4) is 5.69 Å². The number of anilines is 1. The Hall–Kier alpha value is -2.99. The number of fused-ring (bicyclic) bond motifs is 1. The molecule has 4 rings (SSSR count). The normalized spacial score (nSPS) is 16.6. The molecule has 132 valence electrons. The van der Waals surface area contributed by atoms with E-state index in [9.17, 15) is 4.79 Å². The Kier molecular flexibility index (Phi) is 4.26. The first kappa shape index (κ1) is 16.5. The zero-order chi connectivity index (χ0) is 18.1. The molecule has 1 unspecified atom stereocenters. The number of likely N-dealkylation sites (N-methyl/N-ethyl adjacent to an activating group) is 1. The van der Waals surface area contributed by atoms with E-state index in [2.05, 4.69) is 35.4 Å². The maximum Gasteiger partial charge on any atom is 0.258 e. The summed E-state index contributed by atoms with van der Waals surface area (Å²) >= 11 is 0. The summed E-state index contributed by atoms with van der Waals surface area (Å²) in [5.41, 5.74) is 3.77. The largest absolute Gasteiger partial charge is 0.307 e. The van der Waals surface area contributed by atoms with Crippen LogP contribution in [0.4, 0.5) is 5.69 Å². The molecule has 1 amide bonds. The van der Waals surface area contributed by atoms with Crippen molar-refractivity contribution in [2.75, 3.05) is 25.5 Å². The SMILES string of the molecule is CN(C)C1Cc2ccccc2N(C(=O)c2ccc(-n3ccnn3)cc2)C1. The number of para-hydroxylation sites is 1. The van der Waals surface area contributed by atoms with Crippen LogP contribution in [0.3, 0.4) is 0 Å². The van der Waals surface area contributed by atoms with Gasteiger partial charge in [-0.2, -0.15) is 0 Å². The summed E-state index contributed by atoms with van der Waals surface area (Å²) in [5, 5.41) is 7.79. The van der Waals surface area contributed by atoms with Crippen molar-refractivity contribution in [2.45, 2.75) is 12.5 Å². The van der Waals surface area contributed by atoms with Crippen LogP contribution in [-0.2, 0) is 6.42 Å². The molecule has 1 aliphatic rings. The number of hydrogen-bond acceptors (Lipinski definition) is 4. The summed E-state index contributed by atoms with van der Waals surface area (Å²) in [6, 6.07) is 15.9. The number of hydrogen-bond donors (Lipinski definition) is 0. The molecule has 0 fully saturated rings. The number of nitrogens with zero attached hydrogens (tertiary/aromatic N) is 5. The lowest BCUT2D eigenvalue weighted by Gasteiger charge is -2.37. The van der Waals surface area contributed by atoms with E-state index in [0.29, 0.717) is 18.2 Å². The average Bonchev–Trinajstić information content (AvgIpc) is 3.21. The summed E-state index contributed by atoms with van der Waals surface area (Å²) in [6.07, 6.45) is 4.36.